The molecule has 43 heavy (non-hydrogen) atoms. The average molecular weight is 578 g/mol. The molecular formula is C33H35N7O3. The van der Waals surface area contributed by atoms with E-state index in [0.29, 0.717) is 23.1 Å². The van der Waals surface area contributed by atoms with E-state index in [2.05, 4.69) is 68.7 Å². The lowest BCUT2D eigenvalue weighted by atomic mass is 10.1. The largest absolute Gasteiger partial charge is 0.378 e. The molecule has 1 amide bonds. The fraction of sp³-hybridized carbons (Fsp3) is 0.242. The van der Waals surface area contributed by atoms with Crippen LogP contribution >= 0.6 is 0 Å². The first kappa shape index (κ1) is 28.2. The van der Waals surface area contributed by atoms with Gasteiger partial charge in [-0.1, -0.05) is 24.8 Å². The Labute approximate surface area is 251 Å². The topological polar surface area (TPSA) is 104 Å². The highest BCUT2D eigenvalue weighted by atomic mass is 16.5. The minimum atomic E-state index is -0.273. The summed E-state index contributed by atoms with van der Waals surface area (Å²) < 4.78 is 11.0. The molecule has 0 atom stereocenters. The van der Waals surface area contributed by atoms with Gasteiger partial charge in [0.25, 0.3) is 0 Å². The number of hydrogen-bond acceptors (Lipinski definition) is 9. The van der Waals surface area contributed by atoms with Crippen molar-refractivity contribution in [2.75, 3.05) is 78.4 Å². The van der Waals surface area contributed by atoms with E-state index in [1.807, 2.05) is 42.5 Å². The number of nitrogens with zero attached hydrogens (tertiary/aromatic N) is 4. The van der Waals surface area contributed by atoms with Crippen molar-refractivity contribution in [2.45, 2.75) is 0 Å². The van der Waals surface area contributed by atoms with Gasteiger partial charge in [0.15, 0.2) is 0 Å². The summed E-state index contributed by atoms with van der Waals surface area (Å²) in [5.41, 5.74) is 6.26. The lowest BCUT2D eigenvalue weighted by Gasteiger charge is -2.29. The van der Waals surface area contributed by atoms with Crippen molar-refractivity contribution in [1.29, 1.82) is 0 Å². The van der Waals surface area contributed by atoms with Crippen LogP contribution in [0.4, 0.5) is 40.2 Å². The molecule has 3 aromatic carbocycles. The third kappa shape index (κ3) is 7.29. The summed E-state index contributed by atoms with van der Waals surface area (Å²) in [5, 5.41) is 9.68. The number of aromatic nitrogens is 2. The number of morpholine rings is 2. The molecule has 3 N–H and O–H groups in total. The predicted octanol–water partition coefficient (Wildman–Crippen LogP) is 5.43. The fourth-order valence-corrected chi connectivity index (χ4v) is 5.12. The quantitative estimate of drug-likeness (QED) is 0.225. The highest BCUT2D eigenvalue weighted by molar-refractivity contribution is 5.99. The van der Waals surface area contributed by atoms with E-state index >= 15 is 0 Å². The van der Waals surface area contributed by atoms with Crippen molar-refractivity contribution in [3.63, 3.8) is 0 Å². The van der Waals surface area contributed by atoms with Crippen LogP contribution in [-0.2, 0) is 14.3 Å². The van der Waals surface area contributed by atoms with Crippen LogP contribution in [0.2, 0.25) is 0 Å². The molecular weight excluding hydrogens is 542 g/mol. The fourth-order valence-electron chi connectivity index (χ4n) is 5.12. The number of ether oxygens (including phenoxy) is 2. The average Bonchev–Trinajstić information content (AvgIpc) is 3.06. The summed E-state index contributed by atoms with van der Waals surface area (Å²) >= 11 is 0. The molecule has 0 radical (unpaired) electrons. The molecule has 1 aromatic heterocycles. The number of anilines is 7. The van der Waals surface area contributed by atoms with Gasteiger partial charge in [-0.05, 0) is 60.7 Å². The number of hydrogen-bond donors (Lipinski definition) is 3. The van der Waals surface area contributed by atoms with Gasteiger partial charge in [-0.15, -0.1) is 0 Å². The third-order valence-electron chi connectivity index (χ3n) is 7.33. The summed E-state index contributed by atoms with van der Waals surface area (Å²) in [4.78, 5) is 26.2. The minimum Gasteiger partial charge on any atom is -0.378 e. The second kappa shape index (κ2) is 13.4. The van der Waals surface area contributed by atoms with Crippen LogP contribution < -0.4 is 25.8 Å². The smallest absolute Gasteiger partial charge is 0.247 e. The summed E-state index contributed by atoms with van der Waals surface area (Å²) in [6.07, 6.45) is 1.25. The zero-order chi connectivity index (χ0) is 29.4. The lowest BCUT2D eigenvalue weighted by Crippen LogP contribution is -2.36. The van der Waals surface area contributed by atoms with Crippen molar-refractivity contribution >= 4 is 46.1 Å². The van der Waals surface area contributed by atoms with E-state index in [4.69, 9.17) is 19.4 Å². The number of carbonyl (C=O) groups is 1. The summed E-state index contributed by atoms with van der Waals surface area (Å²) in [5.74, 6) is 0.811. The van der Waals surface area contributed by atoms with Gasteiger partial charge in [-0.2, -0.15) is 4.98 Å². The molecule has 3 heterocycles. The van der Waals surface area contributed by atoms with Gasteiger partial charge in [0.05, 0.1) is 32.1 Å². The molecule has 6 rings (SSSR count). The normalized spacial score (nSPS) is 15.1. The third-order valence-corrected chi connectivity index (χ3v) is 7.33. The van der Waals surface area contributed by atoms with Crippen LogP contribution in [0.25, 0.3) is 11.3 Å². The zero-order valence-corrected chi connectivity index (χ0v) is 24.0. The Morgan fingerprint density at radius 3 is 2.12 bits per heavy atom. The van der Waals surface area contributed by atoms with Crippen molar-refractivity contribution in [3.05, 3.63) is 91.5 Å². The van der Waals surface area contributed by atoms with Gasteiger partial charge < -0.3 is 35.2 Å². The molecule has 2 aliphatic rings. The van der Waals surface area contributed by atoms with Gasteiger partial charge in [0.1, 0.15) is 5.82 Å². The van der Waals surface area contributed by atoms with E-state index in [1.54, 1.807) is 0 Å². The van der Waals surface area contributed by atoms with E-state index in [9.17, 15) is 4.79 Å². The second-order valence-corrected chi connectivity index (χ2v) is 10.3. The molecule has 4 aromatic rings. The second-order valence-electron chi connectivity index (χ2n) is 10.3. The lowest BCUT2D eigenvalue weighted by molar-refractivity contribution is -0.111. The molecule has 0 saturated carbocycles. The molecule has 220 valence electrons. The van der Waals surface area contributed by atoms with Crippen LogP contribution in [-0.4, -0.2) is 68.5 Å². The summed E-state index contributed by atoms with van der Waals surface area (Å²) in [7, 11) is 0. The number of nitrogens with one attached hydrogen (secondary N) is 3. The standard InChI is InChI=1S/C33H35N7O3/c1-2-32(41)35-26-6-3-5-24(21-26)30-23-31(34-25-9-11-28(12-10-25)39-13-17-42-18-14-39)38-33(37-30)36-27-7-4-8-29(22-27)40-15-19-43-20-16-40/h2-12,21-23H,1,13-20H2,(H,35,41)(H2,34,36,37,38). The molecule has 0 aliphatic carbocycles. The molecule has 0 spiro atoms. The van der Waals surface area contributed by atoms with Gasteiger partial charge >= 0.3 is 0 Å². The predicted molar refractivity (Wildman–Crippen MR) is 172 cm³/mol. The Kier molecular flexibility index (Phi) is 8.77. The number of benzene rings is 3. The maximum atomic E-state index is 11.9. The van der Waals surface area contributed by atoms with Crippen molar-refractivity contribution in [3.8, 4) is 11.3 Å². The van der Waals surface area contributed by atoms with Gasteiger partial charge in [0, 0.05) is 66.2 Å². The molecule has 0 bridgehead atoms. The number of carbonyl (C=O) groups excluding carboxylic acids is 1. The summed E-state index contributed by atoms with van der Waals surface area (Å²) in [6, 6.07) is 26.0. The first-order valence-electron chi connectivity index (χ1n) is 14.5. The Balaban J connectivity index is 1.29. The maximum absolute atomic E-state index is 11.9. The maximum Gasteiger partial charge on any atom is 0.247 e. The Hall–Kier alpha value is -4.93. The van der Waals surface area contributed by atoms with Crippen LogP contribution in [0.1, 0.15) is 0 Å². The van der Waals surface area contributed by atoms with Crippen molar-refractivity contribution in [1.82, 2.24) is 9.97 Å². The van der Waals surface area contributed by atoms with Crippen LogP contribution in [0.15, 0.2) is 91.5 Å². The Morgan fingerprint density at radius 1 is 0.721 bits per heavy atom. The Bertz CT molecular complexity index is 1570. The van der Waals surface area contributed by atoms with Gasteiger partial charge in [-0.3, -0.25) is 4.79 Å². The zero-order valence-electron chi connectivity index (χ0n) is 24.0. The highest BCUT2D eigenvalue weighted by Crippen LogP contribution is 2.29. The monoisotopic (exact) mass is 577 g/mol. The number of rotatable bonds is 9. The van der Waals surface area contributed by atoms with Crippen LogP contribution in [0.5, 0.6) is 0 Å². The van der Waals surface area contributed by atoms with E-state index in [1.165, 1.54) is 6.08 Å². The molecule has 2 saturated heterocycles. The Morgan fingerprint density at radius 2 is 1.40 bits per heavy atom. The van der Waals surface area contributed by atoms with Crippen molar-refractivity contribution < 1.29 is 14.3 Å². The molecule has 2 fully saturated rings. The highest BCUT2D eigenvalue weighted by Gasteiger charge is 2.14. The van der Waals surface area contributed by atoms with E-state index in [0.717, 1.165) is 80.9 Å². The van der Waals surface area contributed by atoms with E-state index in [-0.39, 0.29) is 5.91 Å². The van der Waals surface area contributed by atoms with Crippen LogP contribution in [0, 0.1) is 0 Å². The first-order valence-corrected chi connectivity index (χ1v) is 14.5. The molecule has 2 aliphatic heterocycles. The van der Waals surface area contributed by atoms with E-state index < -0.39 is 0 Å². The minimum absolute atomic E-state index is 0.273. The van der Waals surface area contributed by atoms with Crippen LogP contribution in [0.3, 0.4) is 0 Å². The molecule has 0 unspecified atom stereocenters. The number of amides is 1. The van der Waals surface area contributed by atoms with Gasteiger partial charge in [0.2, 0.25) is 11.9 Å². The molecule has 10 nitrogen and oxygen atoms in total. The van der Waals surface area contributed by atoms with Gasteiger partial charge in [-0.25, -0.2) is 4.98 Å². The van der Waals surface area contributed by atoms with Crippen molar-refractivity contribution in [2.24, 2.45) is 0 Å². The summed E-state index contributed by atoms with van der Waals surface area (Å²) in [6.45, 7) is 9.95. The first-order chi connectivity index (χ1) is 21.1. The SMILES string of the molecule is C=CC(=O)Nc1cccc(-c2cc(Nc3ccc(N4CCOCC4)cc3)nc(Nc3cccc(N4CCOCC4)c3)n2)c1. The molecule has 10 heteroatoms.